The van der Waals surface area contributed by atoms with Gasteiger partial charge >= 0.3 is 0 Å². The highest BCUT2D eigenvalue weighted by Gasteiger charge is 2.22. The van der Waals surface area contributed by atoms with E-state index in [2.05, 4.69) is 15.3 Å². The quantitative estimate of drug-likeness (QED) is 0.607. The van der Waals surface area contributed by atoms with Gasteiger partial charge in [-0.3, -0.25) is 9.78 Å². The van der Waals surface area contributed by atoms with Crippen molar-refractivity contribution in [3.8, 4) is 0 Å². The molecule has 5 heteroatoms. The molecule has 4 aromatic rings. The molecule has 1 amide bonds. The maximum atomic E-state index is 12.7. The summed E-state index contributed by atoms with van der Waals surface area (Å²) in [4.78, 5) is 21.0. The Bertz CT molecular complexity index is 1010. The number of carbonyl (C=O) groups is 1. The molecule has 2 aromatic heterocycles. The van der Waals surface area contributed by atoms with Gasteiger partial charge in [-0.15, -0.1) is 0 Å². The van der Waals surface area contributed by atoms with Crippen molar-refractivity contribution in [3.63, 3.8) is 0 Å². The first kappa shape index (κ1) is 16.0. The summed E-state index contributed by atoms with van der Waals surface area (Å²) in [7, 11) is 0. The molecular weight excluding hydrogens is 326 g/mol. The summed E-state index contributed by atoms with van der Waals surface area (Å²) < 4.78 is 5.99. The second kappa shape index (κ2) is 6.80. The van der Waals surface area contributed by atoms with E-state index in [0.717, 1.165) is 22.2 Å². The lowest BCUT2D eigenvalue weighted by atomic mass is 10.0. The molecule has 26 heavy (non-hydrogen) atoms. The summed E-state index contributed by atoms with van der Waals surface area (Å²) in [5.41, 5.74) is 2.75. The van der Waals surface area contributed by atoms with E-state index in [1.54, 1.807) is 6.20 Å². The van der Waals surface area contributed by atoms with Gasteiger partial charge in [-0.1, -0.05) is 48.5 Å². The first-order chi connectivity index (χ1) is 12.7. The number of aromatic nitrogens is 2. The molecular formula is C21H17N3O2. The van der Waals surface area contributed by atoms with Crippen LogP contribution in [0, 0.1) is 6.92 Å². The van der Waals surface area contributed by atoms with Gasteiger partial charge in [-0.05, 0) is 24.6 Å². The molecule has 5 nitrogen and oxygen atoms in total. The van der Waals surface area contributed by atoms with Crippen LogP contribution in [0.2, 0.25) is 0 Å². The Kier molecular flexibility index (Phi) is 4.19. The summed E-state index contributed by atoms with van der Waals surface area (Å²) in [6, 6.07) is 19.0. The maximum Gasteiger partial charge on any atom is 0.272 e. The van der Waals surface area contributed by atoms with Crippen LogP contribution >= 0.6 is 0 Å². The Morgan fingerprint density at radius 2 is 1.77 bits per heavy atom. The number of benzene rings is 2. The van der Waals surface area contributed by atoms with Crippen LogP contribution in [0.4, 0.5) is 0 Å². The molecule has 0 bridgehead atoms. The Hall–Kier alpha value is -3.47. The fourth-order valence-electron chi connectivity index (χ4n) is 2.82. The third-order valence-electron chi connectivity index (χ3n) is 4.15. The number of nitrogens with one attached hydrogen (secondary N) is 1. The molecule has 2 aromatic carbocycles. The molecule has 0 spiro atoms. The summed E-state index contributed by atoms with van der Waals surface area (Å²) in [6.45, 7) is 1.83. The highest BCUT2D eigenvalue weighted by atomic mass is 16.3. The number of nitrogens with zero attached hydrogens (tertiary/aromatic N) is 2. The molecule has 0 radical (unpaired) electrons. The van der Waals surface area contributed by atoms with Crippen LogP contribution in [0.5, 0.6) is 0 Å². The SMILES string of the molecule is Cc1cnc(C(=O)NC(c2ccccc2)c2cc3ccccc3o2)cn1. The number of rotatable bonds is 4. The maximum absolute atomic E-state index is 12.7. The Labute approximate surface area is 150 Å². The van der Waals surface area contributed by atoms with Gasteiger partial charge in [0.15, 0.2) is 0 Å². The standard InChI is InChI=1S/C21H17N3O2/c1-14-12-23-17(13-22-14)21(25)24-20(15-7-3-2-4-8-15)19-11-16-9-5-6-10-18(16)26-19/h2-13,20H,1H3,(H,24,25). The topological polar surface area (TPSA) is 68.0 Å². The Balaban J connectivity index is 1.71. The zero-order valence-corrected chi connectivity index (χ0v) is 14.2. The van der Waals surface area contributed by atoms with Crippen LogP contribution in [0.15, 0.2) is 77.5 Å². The first-order valence-corrected chi connectivity index (χ1v) is 8.33. The zero-order chi connectivity index (χ0) is 17.9. The van der Waals surface area contributed by atoms with E-state index in [0.29, 0.717) is 5.76 Å². The summed E-state index contributed by atoms with van der Waals surface area (Å²) in [5.74, 6) is 0.373. The van der Waals surface area contributed by atoms with Crippen LogP contribution in [-0.2, 0) is 0 Å². The number of furan rings is 1. The van der Waals surface area contributed by atoms with Gasteiger partial charge in [0.2, 0.25) is 0 Å². The van der Waals surface area contributed by atoms with E-state index < -0.39 is 6.04 Å². The molecule has 4 rings (SSSR count). The molecule has 1 atom stereocenters. The van der Waals surface area contributed by atoms with Gasteiger partial charge in [0.25, 0.3) is 5.91 Å². The largest absolute Gasteiger partial charge is 0.459 e. The molecule has 0 aliphatic rings. The molecule has 0 saturated heterocycles. The highest BCUT2D eigenvalue weighted by Crippen LogP contribution is 2.28. The Morgan fingerprint density at radius 1 is 1.00 bits per heavy atom. The molecule has 128 valence electrons. The van der Waals surface area contributed by atoms with Gasteiger partial charge < -0.3 is 9.73 Å². The normalized spacial score (nSPS) is 12.0. The average Bonchev–Trinajstić information content (AvgIpc) is 3.11. The van der Waals surface area contributed by atoms with Crippen molar-refractivity contribution >= 4 is 16.9 Å². The average molecular weight is 343 g/mol. The smallest absolute Gasteiger partial charge is 0.272 e. The number of para-hydroxylation sites is 1. The summed E-state index contributed by atoms with van der Waals surface area (Å²) in [6.07, 6.45) is 3.05. The van der Waals surface area contributed by atoms with E-state index >= 15 is 0 Å². The van der Waals surface area contributed by atoms with E-state index in [4.69, 9.17) is 4.42 Å². The van der Waals surface area contributed by atoms with Gasteiger partial charge in [0.05, 0.1) is 11.9 Å². The second-order valence-electron chi connectivity index (χ2n) is 6.05. The predicted octanol–water partition coefficient (Wildman–Crippen LogP) is 4.05. The lowest BCUT2D eigenvalue weighted by Crippen LogP contribution is -2.29. The van der Waals surface area contributed by atoms with E-state index in [-0.39, 0.29) is 11.6 Å². The van der Waals surface area contributed by atoms with Crippen molar-refractivity contribution in [2.24, 2.45) is 0 Å². The minimum Gasteiger partial charge on any atom is -0.459 e. The summed E-state index contributed by atoms with van der Waals surface area (Å²) >= 11 is 0. The second-order valence-corrected chi connectivity index (χ2v) is 6.05. The van der Waals surface area contributed by atoms with Crippen LogP contribution in [0.3, 0.4) is 0 Å². The fourth-order valence-corrected chi connectivity index (χ4v) is 2.82. The monoisotopic (exact) mass is 343 g/mol. The molecule has 2 heterocycles. The molecule has 0 aliphatic carbocycles. The van der Waals surface area contributed by atoms with E-state index in [1.807, 2.05) is 67.6 Å². The number of amides is 1. The van der Waals surface area contributed by atoms with Crippen molar-refractivity contribution in [3.05, 3.63) is 95.8 Å². The van der Waals surface area contributed by atoms with Crippen molar-refractivity contribution in [1.29, 1.82) is 0 Å². The summed E-state index contributed by atoms with van der Waals surface area (Å²) in [5, 5.41) is 4.00. The lowest BCUT2D eigenvalue weighted by molar-refractivity contribution is 0.0934. The van der Waals surface area contributed by atoms with Crippen LogP contribution < -0.4 is 5.32 Å². The van der Waals surface area contributed by atoms with Gasteiger partial charge in [0.1, 0.15) is 23.1 Å². The molecule has 0 saturated carbocycles. The molecule has 0 fully saturated rings. The number of hydrogen-bond acceptors (Lipinski definition) is 4. The number of aryl methyl sites for hydroxylation is 1. The molecule has 1 unspecified atom stereocenters. The van der Waals surface area contributed by atoms with E-state index in [9.17, 15) is 4.79 Å². The van der Waals surface area contributed by atoms with Crippen molar-refractivity contribution in [2.75, 3.05) is 0 Å². The van der Waals surface area contributed by atoms with Crippen molar-refractivity contribution < 1.29 is 9.21 Å². The highest BCUT2D eigenvalue weighted by molar-refractivity contribution is 5.92. The predicted molar refractivity (Wildman–Crippen MR) is 98.7 cm³/mol. The van der Waals surface area contributed by atoms with Gasteiger partial charge in [-0.2, -0.15) is 0 Å². The minimum absolute atomic E-state index is 0.271. The molecule has 1 N–H and O–H groups in total. The Morgan fingerprint density at radius 3 is 2.50 bits per heavy atom. The third kappa shape index (κ3) is 3.19. The van der Waals surface area contributed by atoms with Crippen LogP contribution in [0.25, 0.3) is 11.0 Å². The zero-order valence-electron chi connectivity index (χ0n) is 14.2. The molecule has 0 aliphatic heterocycles. The van der Waals surface area contributed by atoms with Crippen molar-refractivity contribution in [1.82, 2.24) is 15.3 Å². The lowest BCUT2D eigenvalue weighted by Gasteiger charge is -2.17. The van der Waals surface area contributed by atoms with Gasteiger partial charge in [0, 0.05) is 11.6 Å². The van der Waals surface area contributed by atoms with Crippen LogP contribution in [0.1, 0.15) is 33.5 Å². The first-order valence-electron chi connectivity index (χ1n) is 8.33. The van der Waals surface area contributed by atoms with E-state index in [1.165, 1.54) is 6.20 Å². The number of fused-ring (bicyclic) bond motifs is 1. The fraction of sp³-hybridized carbons (Fsp3) is 0.0952. The minimum atomic E-state index is -0.417. The van der Waals surface area contributed by atoms with Gasteiger partial charge in [-0.25, -0.2) is 4.98 Å². The van der Waals surface area contributed by atoms with Crippen molar-refractivity contribution in [2.45, 2.75) is 13.0 Å². The van der Waals surface area contributed by atoms with Crippen LogP contribution in [-0.4, -0.2) is 15.9 Å². The third-order valence-corrected chi connectivity index (χ3v) is 4.15. The number of hydrogen-bond donors (Lipinski definition) is 1. The number of carbonyl (C=O) groups excluding carboxylic acids is 1.